The van der Waals surface area contributed by atoms with Crippen LogP contribution in [0.5, 0.6) is 0 Å². The molecule has 20 heavy (non-hydrogen) atoms. The molecule has 0 aromatic heterocycles. The van der Waals surface area contributed by atoms with Crippen LogP contribution in [0.3, 0.4) is 0 Å². The lowest BCUT2D eigenvalue weighted by Crippen LogP contribution is -2.14. The van der Waals surface area contributed by atoms with Gasteiger partial charge in [-0.05, 0) is 23.3 Å². The molecule has 0 amide bonds. The predicted octanol–water partition coefficient (Wildman–Crippen LogP) is 2.72. The number of amidine groups is 1. The van der Waals surface area contributed by atoms with E-state index in [1.54, 1.807) is 0 Å². The number of nitrogens with one attached hydrogen (secondary N) is 1. The van der Waals surface area contributed by atoms with E-state index >= 15 is 0 Å². The Balaban J connectivity index is 1.86. The van der Waals surface area contributed by atoms with Crippen LogP contribution in [0.2, 0.25) is 5.02 Å². The molecule has 0 spiro atoms. The molecule has 2 rings (SSSR count). The second-order valence-corrected chi connectivity index (χ2v) is 4.85. The fourth-order valence-corrected chi connectivity index (χ4v) is 1.93. The number of hydrogen-bond acceptors (Lipinski definition) is 3. The minimum atomic E-state index is 0.116. The van der Waals surface area contributed by atoms with Crippen LogP contribution in [0.1, 0.15) is 16.7 Å². The van der Waals surface area contributed by atoms with E-state index in [2.05, 4.69) is 10.5 Å². The first-order valence-corrected chi connectivity index (χ1v) is 6.59. The molecular weight excluding hydrogens is 274 g/mol. The van der Waals surface area contributed by atoms with E-state index in [9.17, 15) is 0 Å². The lowest BCUT2D eigenvalue weighted by atomic mass is 10.1. The normalized spacial score (nSPS) is 11.6. The van der Waals surface area contributed by atoms with Crippen molar-refractivity contribution in [1.29, 1.82) is 0 Å². The number of nitrogens with zero attached hydrogens (tertiary/aromatic N) is 1. The minimum absolute atomic E-state index is 0.116. The third-order valence-electron chi connectivity index (χ3n) is 2.93. The Morgan fingerprint density at radius 1 is 1.00 bits per heavy atom. The molecular formula is C15H16ClN3O. The van der Waals surface area contributed by atoms with E-state index in [4.69, 9.17) is 22.5 Å². The van der Waals surface area contributed by atoms with Crippen molar-refractivity contribution < 1.29 is 5.21 Å². The number of halogens is 1. The van der Waals surface area contributed by atoms with E-state index in [1.807, 2.05) is 48.5 Å². The highest BCUT2D eigenvalue weighted by Gasteiger charge is 1.99. The molecule has 0 radical (unpaired) electrons. The van der Waals surface area contributed by atoms with Crippen molar-refractivity contribution in [2.75, 3.05) is 0 Å². The lowest BCUT2D eigenvalue weighted by molar-refractivity contribution is 0.318. The zero-order valence-corrected chi connectivity index (χ0v) is 11.6. The zero-order chi connectivity index (χ0) is 14.4. The van der Waals surface area contributed by atoms with Gasteiger partial charge in [-0.3, -0.25) is 0 Å². The topological polar surface area (TPSA) is 70.6 Å². The van der Waals surface area contributed by atoms with Crippen LogP contribution in [-0.2, 0) is 13.1 Å². The van der Waals surface area contributed by atoms with Crippen molar-refractivity contribution in [3.8, 4) is 0 Å². The molecule has 0 fully saturated rings. The summed E-state index contributed by atoms with van der Waals surface area (Å²) < 4.78 is 0. The molecule has 0 unspecified atom stereocenters. The molecule has 0 aliphatic carbocycles. The molecule has 2 aromatic carbocycles. The summed E-state index contributed by atoms with van der Waals surface area (Å²) in [4.78, 5) is 0. The summed E-state index contributed by atoms with van der Waals surface area (Å²) in [5, 5.41) is 15.6. The van der Waals surface area contributed by atoms with Crippen molar-refractivity contribution in [1.82, 2.24) is 5.32 Å². The molecule has 0 aliphatic heterocycles. The van der Waals surface area contributed by atoms with E-state index < -0.39 is 0 Å². The molecule has 0 saturated carbocycles. The molecule has 4 N–H and O–H groups in total. The monoisotopic (exact) mass is 289 g/mol. The van der Waals surface area contributed by atoms with Gasteiger partial charge in [-0.1, -0.05) is 53.2 Å². The third-order valence-corrected chi connectivity index (χ3v) is 3.18. The number of nitrogens with two attached hydrogens (primary N) is 1. The quantitative estimate of drug-likeness (QED) is 0.343. The molecule has 2 aromatic rings. The summed E-state index contributed by atoms with van der Waals surface area (Å²) in [5.41, 5.74) is 8.52. The summed E-state index contributed by atoms with van der Waals surface area (Å²) in [6, 6.07) is 15.3. The predicted molar refractivity (Wildman–Crippen MR) is 80.9 cm³/mol. The van der Waals surface area contributed by atoms with Crippen molar-refractivity contribution in [3.05, 3.63) is 70.2 Å². The van der Waals surface area contributed by atoms with E-state index in [0.29, 0.717) is 5.56 Å². The van der Waals surface area contributed by atoms with Crippen LogP contribution in [0.4, 0.5) is 0 Å². The molecule has 0 bridgehead atoms. The van der Waals surface area contributed by atoms with Gasteiger partial charge < -0.3 is 16.3 Å². The van der Waals surface area contributed by atoms with Crippen LogP contribution >= 0.6 is 11.6 Å². The fourth-order valence-electron chi connectivity index (χ4n) is 1.80. The van der Waals surface area contributed by atoms with E-state index in [0.717, 1.165) is 23.7 Å². The molecule has 5 heteroatoms. The Labute approximate surface area is 122 Å². The number of rotatable bonds is 5. The SMILES string of the molecule is NC(=NO)c1ccc(CNCc2ccc(Cl)cc2)cc1. The van der Waals surface area contributed by atoms with Gasteiger partial charge in [0.2, 0.25) is 0 Å². The van der Waals surface area contributed by atoms with Crippen molar-refractivity contribution in [3.63, 3.8) is 0 Å². The highest BCUT2D eigenvalue weighted by atomic mass is 35.5. The summed E-state index contributed by atoms with van der Waals surface area (Å²) in [7, 11) is 0. The number of benzene rings is 2. The van der Waals surface area contributed by atoms with Gasteiger partial charge in [-0.15, -0.1) is 0 Å². The second-order valence-electron chi connectivity index (χ2n) is 4.41. The maximum atomic E-state index is 8.59. The Hall–Kier alpha value is -2.04. The van der Waals surface area contributed by atoms with Crippen molar-refractivity contribution >= 4 is 17.4 Å². The first kappa shape index (κ1) is 14.4. The van der Waals surface area contributed by atoms with Gasteiger partial charge in [0.05, 0.1) is 0 Å². The van der Waals surface area contributed by atoms with Gasteiger partial charge in [0.25, 0.3) is 0 Å². The minimum Gasteiger partial charge on any atom is -0.409 e. The Bertz CT molecular complexity index is 579. The average Bonchev–Trinajstić information content (AvgIpc) is 2.49. The molecule has 0 heterocycles. The van der Waals surface area contributed by atoms with Crippen LogP contribution in [-0.4, -0.2) is 11.0 Å². The van der Waals surface area contributed by atoms with E-state index in [1.165, 1.54) is 5.56 Å². The third kappa shape index (κ3) is 3.98. The standard InChI is InChI=1S/C15H16ClN3O/c16-14-7-3-12(4-8-14)10-18-9-11-1-5-13(6-2-11)15(17)19-20/h1-8,18,20H,9-10H2,(H2,17,19). The van der Waals surface area contributed by atoms with Gasteiger partial charge in [-0.25, -0.2) is 0 Å². The molecule has 104 valence electrons. The highest BCUT2D eigenvalue weighted by molar-refractivity contribution is 6.30. The second kappa shape index (κ2) is 6.93. The van der Waals surface area contributed by atoms with Crippen LogP contribution in [0, 0.1) is 0 Å². The summed E-state index contributed by atoms with van der Waals surface area (Å²) in [6.07, 6.45) is 0. The molecule has 0 aliphatic rings. The number of hydrogen-bond donors (Lipinski definition) is 3. The summed E-state index contributed by atoms with van der Waals surface area (Å²) in [6.45, 7) is 1.53. The molecule has 0 saturated heterocycles. The zero-order valence-electron chi connectivity index (χ0n) is 10.9. The largest absolute Gasteiger partial charge is 0.409 e. The molecule has 4 nitrogen and oxygen atoms in total. The van der Waals surface area contributed by atoms with Crippen LogP contribution in [0.15, 0.2) is 53.7 Å². The fraction of sp³-hybridized carbons (Fsp3) is 0.133. The van der Waals surface area contributed by atoms with Gasteiger partial charge >= 0.3 is 0 Å². The van der Waals surface area contributed by atoms with Crippen molar-refractivity contribution in [2.24, 2.45) is 10.9 Å². The van der Waals surface area contributed by atoms with Crippen LogP contribution in [0.25, 0.3) is 0 Å². The van der Waals surface area contributed by atoms with Crippen molar-refractivity contribution in [2.45, 2.75) is 13.1 Å². The summed E-state index contributed by atoms with van der Waals surface area (Å²) >= 11 is 5.84. The first-order valence-electron chi connectivity index (χ1n) is 6.21. The van der Waals surface area contributed by atoms with Gasteiger partial charge in [0.1, 0.15) is 0 Å². The Morgan fingerprint density at radius 2 is 1.50 bits per heavy atom. The van der Waals surface area contributed by atoms with E-state index in [-0.39, 0.29) is 5.84 Å². The Morgan fingerprint density at radius 3 is 2.00 bits per heavy atom. The smallest absolute Gasteiger partial charge is 0.170 e. The number of oxime groups is 1. The van der Waals surface area contributed by atoms with Gasteiger partial charge in [0, 0.05) is 23.7 Å². The lowest BCUT2D eigenvalue weighted by Gasteiger charge is -2.06. The highest BCUT2D eigenvalue weighted by Crippen LogP contribution is 2.09. The van der Waals surface area contributed by atoms with Gasteiger partial charge in [-0.2, -0.15) is 0 Å². The summed E-state index contributed by atoms with van der Waals surface area (Å²) in [5.74, 6) is 0.116. The average molecular weight is 290 g/mol. The Kier molecular flexibility index (Phi) is 4.98. The molecule has 0 atom stereocenters. The first-order chi connectivity index (χ1) is 9.69. The maximum Gasteiger partial charge on any atom is 0.170 e. The van der Waals surface area contributed by atoms with Crippen LogP contribution < -0.4 is 11.1 Å². The van der Waals surface area contributed by atoms with Gasteiger partial charge in [0.15, 0.2) is 5.84 Å². The maximum absolute atomic E-state index is 8.59.